The lowest BCUT2D eigenvalue weighted by Gasteiger charge is -2.22. The molecule has 0 spiro atoms. The van der Waals surface area contributed by atoms with Crippen LogP contribution in [0.1, 0.15) is 35.6 Å². The zero-order valence-electron chi connectivity index (χ0n) is 21.1. The van der Waals surface area contributed by atoms with Crippen molar-refractivity contribution >= 4 is 29.1 Å². The molecule has 13 heteroatoms. The maximum Gasteiger partial charge on any atom is 0.266 e. The van der Waals surface area contributed by atoms with E-state index in [0.29, 0.717) is 52.2 Å². The second kappa shape index (κ2) is 9.92. The standard InChI is InChI=1S/C27H22ClF5N6O/c1-40-21-10-15(2-5-20(21)39-11-22(28)34-13-39)35-26-36-24-16(14-8-18(29)23(31)19(30)9-14)3-4-17(24)25(37-26)38-7-6-27(32,33)12-38/h2,5,8-11,13,16H,3-4,6-7,12H2,1H3,(H,35,36,37)/t16-/m0/s1. The number of imidazole rings is 1. The molecule has 2 aliphatic rings. The van der Waals surface area contributed by atoms with Crippen molar-refractivity contribution in [2.75, 3.05) is 30.4 Å². The summed E-state index contributed by atoms with van der Waals surface area (Å²) in [6.45, 7) is -0.410. The molecule has 3 heterocycles. The van der Waals surface area contributed by atoms with E-state index in [2.05, 4.69) is 20.3 Å². The fraction of sp³-hybridized carbons (Fsp3) is 0.296. The maximum atomic E-state index is 14.2. The van der Waals surface area contributed by atoms with Gasteiger partial charge in [-0.05, 0) is 42.7 Å². The van der Waals surface area contributed by atoms with Crippen LogP contribution in [0.4, 0.5) is 39.4 Å². The van der Waals surface area contributed by atoms with Crippen molar-refractivity contribution < 1.29 is 26.7 Å². The molecule has 0 bridgehead atoms. The van der Waals surface area contributed by atoms with E-state index in [1.807, 2.05) is 0 Å². The third-order valence-electron chi connectivity index (χ3n) is 7.17. The lowest BCUT2D eigenvalue weighted by atomic mass is 9.96. The van der Waals surface area contributed by atoms with Gasteiger partial charge in [-0.15, -0.1) is 0 Å². The number of methoxy groups -OCH3 is 1. The Hall–Kier alpha value is -3.93. The number of benzene rings is 2. The molecule has 0 radical (unpaired) electrons. The van der Waals surface area contributed by atoms with Crippen LogP contribution in [0.15, 0.2) is 42.9 Å². The number of ether oxygens (including phenoxy) is 1. The minimum atomic E-state index is -2.87. The molecule has 2 aromatic heterocycles. The summed E-state index contributed by atoms with van der Waals surface area (Å²) in [6, 6.07) is 7.10. The van der Waals surface area contributed by atoms with Crippen LogP contribution in [-0.4, -0.2) is 45.6 Å². The molecule has 1 atom stereocenters. The lowest BCUT2D eigenvalue weighted by Crippen LogP contribution is -2.27. The highest BCUT2D eigenvalue weighted by atomic mass is 35.5. The fourth-order valence-corrected chi connectivity index (χ4v) is 5.45. The molecule has 1 aliphatic heterocycles. The normalized spacial score (nSPS) is 17.8. The molecule has 6 rings (SSSR count). The van der Waals surface area contributed by atoms with Gasteiger partial charge in [-0.25, -0.2) is 31.9 Å². The van der Waals surface area contributed by atoms with Gasteiger partial charge in [0.05, 0.1) is 25.0 Å². The van der Waals surface area contributed by atoms with Crippen molar-refractivity contribution in [1.29, 1.82) is 0 Å². The Morgan fingerprint density at radius 2 is 1.88 bits per heavy atom. The van der Waals surface area contributed by atoms with Crippen LogP contribution in [0, 0.1) is 17.5 Å². The van der Waals surface area contributed by atoms with Crippen molar-refractivity contribution in [1.82, 2.24) is 19.5 Å². The van der Waals surface area contributed by atoms with E-state index in [0.717, 1.165) is 12.1 Å². The van der Waals surface area contributed by atoms with E-state index in [1.54, 1.807) is 29.0 Å². The van der Waals surface area contributed by atoms with Gasteiger partial charge in [0.1, 0.15) is 23.0 Å². The Kier molecular flexibility index (Phi) is 6.52. The number of nitrogens with zero attached hydrogens (tertiary/aromatic N) is 5. The fourth-order valence-electron chi connectivity index (χ4n) is 5.31. The zero-order chi connectivity index (χ0) is 28.2. The van der Waals surface area contributed by atoms with Crippen LogP contribution in [0.3, 0.4) is 0 Å². The Bertz CT molecular complexity index is 1590. The largest absolute Gasteiger partial charge is 0.494 e. The first-order valence-electron chi connectivity index (χ1n) is 12.4. The molecule has 0 saturated carbocycles. The Morgan fingerprint density at radius 1 is 1.10 bits per heavy atom. The Balaban J connectivity index is 1.40. The topological polar surface area (TPSA) is 68.1 Å². The maximum absolute atomic E-state index is 14.2. The van der Waals surface area contributed by atoms with Crippen molar-refractivity contribution in [3.63, 3.8) is 0 Å². The van der Waals surface area contributed by atoms with Crippen LogP contribution >= 0.6 is 11.6 Å². The molecule has 1 N–H and O–H groups in total. The van der Waals surface area contributed by atoms with Gasteiger partial charge in [0.25, 0.3) is 5.92 Å². The molecule has 40 heavy (non-hydrogen) atoms. The van der Waals surface area contributed by atoms with Crippen LogP contribution in [0.25, 0.3) is 5.69 Å². The number of fused-ring (bicyclic) bond motifs is 1. The number of nitrogens with one attached hydrogen (secondary N) is 1. The third-order valence-corrected chi connectivity index (χ3v) is 7.37. The van der Waals surface area contributed by atoms with Gasteiger partial charge in [0.2, 0.25) is 5.95 Å². The number of hydrogen-bond donors (Lipinski definition) is 1. The van der Waals surface area contributed by atoms with Gasteiger partial charge in [0, 0.05) is 42.4 Å². The van der Waals surface area contributed by atoms with Gasteiger partial charge in [-0.2, -0.15) is 4.98 Å². The molecule has 2 aromatic carbocycles. The highest BCUT2D eigenvalue weighted by Crippen LogP contribution is 2.43. The van der Waals surface area contributed by atoms with Crippen LogP contribution in [-0.2, 0) is 6.42 Å². The Morgan fingerprint density at radius 3 is 2.52 bits per heavy atom. The minimum Gasteiger partial charge on any atom is -0.494 e. The van der Waals surface area contributed by atoms with E-state index in [1.165, 1.54) is 18.3 Å². The average Bonchev–Trinajstić information content (AvgIpc) is 3.64. The summed E-state index contributed by atoms with van der Waals surface area (Å²) in [4.78, 5) is 14.8. The molecular weight excluding hydrogens is 555 g/mol. The molecule has 1 saturated heterocycles. The van der Waals surface area contributed by atoms with Gasteiger partial charge in [0.15, 0.2) is 17.5 Å². The highest BCUT2D eigenvalue weighted by molar-refractivity contribution is 6.29. The Labute approximate surface area is 230 Å². The third kappa shape index (κ3) is 4.80. The number of aromatic nitrogens is 4. The van der Waals surface area contributed by atoms with Crippen molar-refractivity contribution in [2.24, 2.45) is 0 Å². The molecule has 4 aromatic rings. The molecule has 1 fully saturated rings. The summed E-state index contributed by atoms with van der Waals surface area (Å²) in [5.74, 6) is -6.67. The smallest absolute Gasteiger partial charge is 0.266 e. The molecule has 7 nitrogen and oxygen atoms in total. The number of halogens is 6. The summed E-state index contributed by atoms with van der Waals surface area (Å²) in [5.41, 5.74) is 2.50. The quantitative estimate of drug-likeness (QED) is 0.211. The molecule has 0 amide bonds. The van der Waals surface area contributed by atoms with E-state index in [-0.39, 0.29) is 24.5 Å². The van der Waals surface area contributed by atoms with Crippen molar-refractivity contribution in [3.05, 3.63) is 82.3 Å². The summed E-state index contributed by atoms with van der Waals surface area (Å²) < 4.78 is 77.4. The number of anilines is 3. The average molecular weight is 577 g/mol. The second-order valence-electron chi connectivity index (χ2n) is 9.77. The number of rotatable bonds is 6. The van der Waals surface area contributed by atoms with Crippen LogP contribution < -0.4 is 15.0 Å². The summed E-state index contributed by atoms with van der Waals surface area (Å²) in [5, 5.41) is 3.42. The summed E-state index contributed by atoms with van der Waals surface area (Å²) >= 11 is 5.95. The summed E-state index contributed by atoms with van der Waals surface area (Å²) in [7, 11) is 1.50. The van der Waals surface area contributed by atoms with Gasteiger partial charge < -0.3 is 19.5 Å². The van der Waals surface area contributed by atoms with Gasteiger partial charge in [-0.1, -0.05) is 11.6 Å². The van der Waals surface area contributed by atoms with Gasteiger partial charge in [-0.3, -0.25) is 0 Å². The van der Waals surface area contributed by atoms with Crippen LogP contribution in [0.5, 0.6) is 5.75 Å². The molecule has 0 unspecified atom stereocenters. The lowest BCUT2D eigenvalue weighted by molar-refractivity contribution is 0.0256. The zero-order valence-corrected chi connectivity index (χ0v) is 21.8. The van der Waals surface area contributed by atoms with E-state index in [4.69, 9.17) is 16.3 Å². The van der Waals surface area contributed by atoms with Gasteiger partial charge >= 0.3 is 0 Å². The predicted octanol–water partition coefficient (Wildman–Crippen LogP) is 6.41. The number of alkyl halides is 2. The first-order valence-corrected chi connectivity index (χ1v) is 12.8. The van der Waals surface area contributed by atoms with Crippen molar-refractivity contribution in [2.45, 2.75) is 31.1 Å². The first kappa shape index (κ1) is 26.3. The van der Waals surface area contributed by atoms with Crippen molar-refractivity contribution in [3.8, 4) is 11.4 Å². The minimum absolute atomic E-state index is 0.0936. The van der Waals surface area contributed by atoms with E-state index < -0.39 is 35.8 Å². The van der Waals surface area contributed by atoms with Crippen LogP contribution in [0.2, 0.25) is 5.15 Å². The second-order valence-corrected chi connectivity index (χ2v) is 10.2. The monoisotopic (exact) mass is 576 g/mol. The molecular formula is C27H22ClF5N6O. The first-order chi connectivity index (χ1) is 19.1. The highest BCUT2D eigenvalue weighted by Gasteiger charge is 2.41. The van der Waals surface area contributed by atoms with E-state index in [9.17, 15) is 22.0 Å². The SMILES string of the molecule is COc1cc(Nc2nc3c(c(N4CCC(F)(F)C4)n2)CC[C@H]3c2cc(F)c(F)c(F)c2)ccc1-n1cnc(Cl)c1. The molecule has 1 aliphatic carbocycles. The number of hydrogen-bond acceptors (Lipinski definition) is 6. The molecule has 208 valence electrons. The summed E-state index contributed by atoms with van der Waals surface area (Å²) in [6.07, 6.45) is 3.66. The predicted molar refractivity (Wildman–Crippen MR) is 139 cm³/mol. The van der Waals surface area contributed by atoms with E-state index >= 15 is 0 Å².